The van der Waals surface area contributed by atoms with Gasteiger partial charge in [0.25, 0.3) is 5.89 Å². The van der Waals surface area contributed by atoms with Crippen LogP contribution in [0.15, 0.2) is 54.8 Å². The van der Waals surface area contributed by atoms with Crippen molar-refractivity contribution in [2.24, 2.45) is 0 Å². The molecular weight excluding hydrogens is 401 g/mol. The van der Waals surface area contributed by atoms with Crippen molar-refractivity contribution in [1.29, 1.82) is 0 Å². The molecule has 0 radical (unpaired) electrons. The lowest BCUT2D eigenvalue weighted by atomic mass is 10.4. The van der Waals surface area contributed by atoms with Gasteiger partial charge in [0.15, 0.2) is 10.4 Å². The van der Waals surface area contributed by atoms with E-state index < -0.39 is 0 Å². The molecule has 0 fully saturated rings. The zero-order valence-corrected chi connectivity index (χ0v) is 14.6. The number of furan rings is 1. The van der Waals surface area contributed by atoms with Gasteiger partial charge in [-0.2, -0.15) is 0 Å². The third-order valence-electron chi connectivity index (χ3n) is 2.87. The first-order chi connectivity index (χ1) is 11.6. The number of nitrogens with zero attached hydrogens (tertiary/aromatic N) is 2. The first-order valence-corrected chi connectivity index (χ1v) is 8.65. The molecular formula is C15H11BrFN3O3S. The number of aromatic nitrogens is 2. The van der Waals surface area contributed by atoms with Gasteiger partial charge in [0.05, 0.1) is 0 Å². The van der Waals surface area contributed by atoms with Crippen LogP contribution in [0.25, 0.3) is 11.7 Å². The van der Waals surface area contributed by atoms with E-state index in [0.717, 1.165) is 4.90 Å². The van der Waals surface area contributed by atoms with Gasteiger partial charge in [0, 0.05) is 17.1 Å². The summed E-state index contributed by atoms with van der Waals surface area (Å²) in [6.07, 6.45) is 0.256. The van der Waals surface area contributed by atoms with E-state index >= 15 is 0 Å². The van der Waals surface area contributed by atoms with Gasteiger partial charge < -0.3 is 8.83 Å². The van der Waals surface area contributed by atoms with Crippen LogP contribution in [-0.2, 0) is 4.79 Å². The highest BCUT2D eigenvalue weighted by Crippen LogP contribution is 2.25. The van der Waals surface area contributed by atoms with Crippen LogP contribution in [-0.4, -0.2) is 21.9 Å². The van der Waals surface area contributed by atoms with Crippen LogP contribution in [0.1, 0.15) is 6.42 Å². The summed E-state index contributed by atoms with van der Waals surface area (Å²) < 4.78 is 23.9. The molecule has 0 bridgehead atoms. The Morgan fingerprint density at radius 2 is 1.96 bits per heavy atom. The van der Waals surface area contributed by atoms with E-state index in [0.29, 0.717) is 16.2 Å². The minimum absolute atomic E-state index is 0.00862. The second kappa shape index (κ2) is 7.63. The maximum atomic E-state index is 12.8. The van der Waals surface area contributed by atoms with E-state index in [1.165, 1.54) is 23.9 Å². The Balaban J connectivity index is 1.48. The maximum Gasteiger partial charge on any atom is 0.322 e. The van der Waals surface area contributed by atoms with Crippen molar-refractivity contribution in [2.75, 3.05) is 11.1 Å². The fraction of sp³-hybridized carbons (Fsp3) is 0.133. The minimum Gasteiger partial charge on any atom is -0.444 e. The average Bonchev–Trinajstić information content (AvgIpc) is 3.18. The third-order valence-corrected chi connectivity index (χ3v) is 4.31. The largest absolute Gasteiger partial charge is 0.444 e. The Morgan fingerprint density at radius 3 is 2.67 bits per heavy atom. The number of nitrogens with one attached hydrogen (secondary N) is 1. The summed E-state index contributed by atoms with van der Waals surface area (Å²) >= 11 is 4.64. The molecule has 0 saturated heterocycles. The Hall–Kier alpha value is -2.13. The van der Waals surface area contributed by atoms with Crippen molar-refractivity contribution in [2.45, 2.75) is 11.3 Å². The SMILES string of the molecule is O=C(CCSc1ccc(F)cc1)Nc1nnc(-c2ccc(Br)o2)o1. The molecule has 3 rings (SSSR count). The fourth-order valence-corrected chi connectivity index (χ4v) is 2.93. The summed E-state index contributed by atoms with van der Waals surface area (Å²) in [5.74, 6) is 0.593. The molecule has 2 heterocycles. The van der Waals surface area contributed by atoms with Crippen LogP contribution in [0, 0.1) is 5.82 Å². The number of hydrogen-bond donors (Lipinski definition) is 1. The highest BCUT2D eigenvalue weighted by Gasteiger charge is 2.14. The summed E-state index contributed by atoms with van der Waals surface area (Å²) in [6.45, 7) is 0. The lowest BCUT2D eigenvalue weighted by Crippen LogP contribution is -2.12. The molecule has 24 heavy (non-hydrogen) atoms. The number of hydrogen-bond acceptors (Lipinski definition) is 6. The van der Waals surface area contributed by atoms with Crippen molar-refractivity contribution in [1.82, 2.24) is 10.2 Å². The van der Waals surface area contributed by atoms with Crippen LogP contribution < -0.4 is 5.32 Å². The van der Waals surface area contributed by atoms with E-state index in [-0.39, 0.29) is 30.1 Å². The zero-order valence-electron chi connectivity index (χ0n) is 12.2. The van der Waals surface area contributed by atoms with Crippen LogP contribution >= 0.6 is 27.7 Å². The monoisotopic (exact) mass is 411 g/mol. The molecule has 1 aromatic carbocycles. The molecule has 9 heteroatoms. The number of thioether (sulfide) groups is 1. The number of benzene rings is 1. The molecule has 6 nitrogen and oxygen atoms in total. The molecule has 0 aliphatic heterocycles. The topological polar surface area (TPSA) is 81.2 Å². The highest BCUT2D eigenvalue weighted by atomic mass is 79.9. The average molecular weight is 412 g/mol. The Labute approximate surface area is 149 Å². The number of carbonyl (C=O) groups is 1. The molecule has 2 aromatic heterocycles. The van der Waals surface area contributed by atoms with E-state index in [1.54, 1.807) is 24.3 Å². The first-order valence-electron chi connectivity index (χ1n) is 6.87. The second-order valence-corrected chi connectivity index (χ2v) is 6.57. The summed E-state index contributed by atoms with van der Waals surface area (Å²) in [7, 11) is 0. The molecule has 0 atom stereocenters. The predicted molar refractivity (Wildman–Crippen MR) is 90.1 cm³/mol. The van der Waals surface area contributed by atoms with Gasteiger partial charge in [-0.3, -0.25) is 10.1 Å². The summed E-state index contributed by atoms with van der Waals surface area (Å²) in [5, 5.41) is 10.1. The molecule has 1 amide bonds. The second-order valence-electron chi connectivity index (χ2n) is 4.62. The lowest BCUT2D eigenvalue weighted by molar-refractivity contribution is -0.115. The fourth-order valence-electron chi connectivity index (χ4n) is 1.78. The standard InChI is InChI=1S/C15H11BrFN3O3S/c16-12-6-5-11(22-12)14-19-20-15(23-14)18-13(21)7-8-24-10-3-1-9(17)2-4-10/h1-6H,7-8H2,(H,18,20,21). The normalized spacial score (nSPS) is 10.8. The Morgan fingerprint density at radius 1 is 1.17 bits per heavy atom. The molecule has 124 valence electrons. The van der Waals surface area contributed by atoms with E-state index in [1.807, 2.05) is 0 Å². The quantitative estimate of drug-likeness (QED) is 0.607. The first kappa shape index (κ1) is 16.7. The molecule has 0 saturated carbocycles. The smallest absolute Gasteiger partial charge is 0.322 e. The number of halogens is 2. The van der Waals surface area contributed by atoms with Gasteiger partial charge in [-0.05, 0) is 52.3 Å². The van der Waals surface area contributed by atoms with Crippen molar-refractivity contribution < 1.29 is 18.0 Å². The Bertz CT molecular complexity index is 835. The summed E-state index contributed by atoms with van der Waals surface area (Å²) in [4.78, 5) is 12.8. The van der Waals surface area contributed by atoms with E-state index in [2.05, 4.69) is 31.4 Å². The third kappa shape index (κ3) is 4.45. The van der Waals surface area contributed by atoms with Gasteiger partial charge in [0.2, 0.25) is 5.91 Å². The van der Waals surface area contributed by atoms with E-state index in [9.17, 15) is 9.18 Å². The predicted octanol–water partition coefficient (Wildman–Crippen LogP) is 4.35. The number of amides is 1. The molecule has 0 aliphatic carbocycles. The van der Waals surface area contributed by atoms with Crippen LogP contribution in [0.4, 0.5) is 10.4 Å². The van der Waals surface area contributed by atoms with Crippen LogP contribution in [0.2, 0.25) is 0 Å². The minimum atomic E-state index is -0.284. The molecule has 0 aliphatic rings. The number of carbonyl (C=O) groups excluding carboxylic acids is 1. The van der Waals surface area contributed by atoms with E-state index in [4.69, 9.17) is 8.83 Å². The summed E-state index contributed by atoms with van der Waals surface area (Å²) in [5.41, 5.74) is 0. The molecule has 1 N–H and O–H groups in total. The highest BCUT2D eigenvalue weighted by molar-refractivity contribution is 9.10. The summed E-state index contributed by atoms with van der Waals surface area (Å²) in [6, 6.07) is 9.49. The van der Waals surface area contributed by atoms with Crippen molar-refractivity contribution in [3.05, 3.63) is 46.9 Å². The van der Waals surface area contributed by atoms with Gasteiger partial charge in [-0.15, -0.1) is 16.9 Å². The van der Waals surface area contributed by atoms with Gasteiger partial charge in [-0.1, -0.05) is 5.10 Å². The number of anilines is 1. The number of rotatable bonds is 6. The van der Waals surface area contributed by atoms with Crippen molar-refractivity contribution in [3.63, 3.8) is 0 Å². The molecule has 0 unspecified atom stereocenters. The van der Waals surface area contributed by atoms with Gasteiger partial charge in [0.1, 0.15) is 5.82 Å². The van der Waals surface area contributed by atoms with Crippen LogP contribution in [0.3, 0.4) is 0 Å². The Kier molecular flexibility index (Phi) is 5.31. The molecule has 3 aromatic rings. The van der Waals surface area contributed by atoms with Crippen molar-refractivity contribution in [3.8, 4) is 11.7 Å². The zero-order chi connectivity index (χ0) is 16.9. The maximum absolute atomic E-state index is 12.8. The molecule has 0 spiro atoms. The lowest BCUT2D eigenvalue weighted by Gasteiger charge is -2.01. The van der Waals surface area contributed by atoms with Gasteiger partial charge >= 0.3 is 6.01 Å². The van der Waals surface area contributed by atoms with Crippen LogP contribution in [0.5, 0.6) is 0 Å². The van der Waals surface area contributed by atoms with Crippen molar-refractivity contribution >= 4 is 39.6 Å². The van der Waals surface area contributed by atoms with Gasteiger partial charge in [-0.25, -0.2) is 4.39 Å².